The molecule has 0 aliphatic heterocycles. The van der Waals surface area contributed by atoms with Crippen molar-refractivity contribution in [1.82, 2.24) is 0 Å². The summed E-state index contributed by atoms with van der Waals surface area (Å²) >= 11 is 0. The summed E-state index contributed by atoms with van der Waals surface area (Å²) in [6.45, 7) is 0. The smallest absolute Gasteiger partial charge is 0.335 e. The van der Waals surface area contributed by atoms with Gasteiger partial charge in [-0.2, -0.15) is 5.26 Å². The Morgan fingerprint density at radius 3 is 2.33 bits per heavy atom. The Morgan fingerprint density at radius 1 is 1.00 bits per heavy atom. The van der Waals surface area contributed by atoms with Gasteiger partial charge < -0.3 is 14.8 Å². The molecule has 0 saturated heterocycles. The quantitative estimate of drug-likeness (QED) is 0.526. The fourth-order valence-electron chi connectivity index (χ4n) is 2.37. The maximum Gasteiger partial charge on any atom is 0.335 e. The van der Waals surface area contributed by atoms with E-state index in [0.29, 0.717) is 22.8 Å². The molecule has 2 N–H and O–H groups in total. The Balaban J connectivity index is 1.79. The first-order valence-electron chi connectivity index (χ1n) is 7.98. The number of aromatic carboxylic acids is 1. The minimum absolute atomic E-state index is 0.0963. The number of carbonyl (C=O) groups is 2. The van der Waals surface area contributed by atoms with E-state index in [1.807, 2.05) is 12.1 Å². The van der Waals surface area contributed by atoms with Gasteiger partial charge in [0.25, 0.3) is 5.91 Å². The van der Waals surface area contributed by atoms with Crippen molar-refractivity contribution in [2.75, 3.05) is 5.32 Å². The molecule has 0 saturated carbocycles. The standard InChI is InChI=1S/C21H14N2O4/c22-13-16(20(24)23-17-4-2-1-3-5-17)12-18-10-11-19(27-18)14-6-8-15(9-7-14)21(25)26/h1-12H,(H,23,24)(H,25,26)/b16-12-. The number of amides is 1. The molecule has 1 aromatic heterocycles. The van der Waals surface area contributed by atoms with Crippen molar-refractivity contribution >= 4 is 23.6 Å². The molecule has 0 aliphatic carbocycles. The van der Waals surface area contributed by atoms with Gasteiger partial charge in [-0.15, -0.1) is 0 Å². The van der Waals surface area contributed by atoms with Crippen LogP contribution in [0.3, 0.4) is 0 Å². The Hall–Kier alpha value is -4.11. The SMILES string of the molecule is N#C/C(=C/c1ccc(-c2ccc(C(=O)O)cc2)o1)C(=O)Nc1ccccc1. The lowest BCUT2D eigenvalue weighted by Crippen LogP contribution is -2.13. The van der Waals surface area contributed by atoms with E-state index in [1.165, 1.54) is 18.2 Å². The average Bonchev–Trinajstić information content (AvgIpc) is 3.15. The van der Waals surface area contributed by atoms with E-state index < -0.39 is 11.9 Å². The third kappa shape index (κ3) is 4.30. The highest BCUT2D eigenvalue weighted by Gasteiger charge is 2.12. The number of hydrogen-bond donors (Lipinski definition) is 2. The number of nitrogens with one attached hydrogen (secondary N) is 1. The maximum absolute atomic E-state index is 12.2. The van der Waals surface area contributed by atoms with Gasteiger partial charge >= 0.3 is 5.97 Å². The summed E-state index contributed by atoms with van der Waals surface area (Å²) in [4.78, 5) is 23.1. The van der Waals surface area contributed by atoms with Gasteiger partial charge in [0.15, 0.2) is 0 Å². The summed E-state index contributed by atoms with van der Waals surface area (Å²) < 4.78 is 5.65. The molecule has 3 rings (SSSR count). The third-order valence-electron chi connectivity index (χ3n) is 3.73. The predicted octanol–water partition coefficient (Wildman–Crippen LogP) is 4.19. The number of para-hydroxylation sites is 1. The van der Waals surface area contributed by atoms with Crippen LogP contribution >= 0.6 is 0 Å². The van der Waals surface area contributed by atoms with Gasteiger partial charge in [0.05, 0.1) is 5.56 Å². The molecule has 6 heteroatoms. The van der Waals surface area contributed by atoms with Crippen molar-refractivity contribution in [3.63, 3.8) is 0 Å². The fraction of sp³-hybridized carbons (Fsp3) is 0. The van der Waals surface area contributed by atoms with Crippen LogP contribution in [0.4, 0.5) is 5.69 Å². The summed E-state index contributed by atoms with van der Waals surface area (Å²) in [5.74, 6) is -0.703. The van der Waals surface area contributed by atoms with E-state index in [0.717, 1.165) is 0 Å². The molecule has 0 fully saturated rings. The Bertz CT molecular complexity index is 1040. The van der Waals surface area contributed by atoms with Crippen molar-refractivity contribution in [1.29, 1.82) is 5.26 Å². The summed E-state index contributed by atoms with van der Waals surface area (Å²) in [6.07, 6.45) is 1.35. The largest absolute Gasteiger partial charge is 0.478 e. The van der Waals surface area contributed by atoms with Crippen molar-refractivity contribution in [2.45, 2.75) is 0 Å². The van der Waals surface area contributed by atoms with Crippen molar-refractivity contribution in [2.24, 2.45) is 0 Å². The number of rotatable bonds is 5. The van der Waals surface area contributed by atoms with Crippen LogP contribution in [0.2, 0.25) is 0 Å². The average molecular weight is 358 g/mol. The molecular formula is C21H14N2O4. The second kappa shape index (κ2) is 7.85. The Morgan fingerprint density at radius 2 is 1.70 bits per heavy atom. The van der Waals surface area contributed by atoms with Gasteiger partial charge in [0.1, 0.15) is 23.2 Å². The minimum atomic E-state index is -1.01. The van der Waals surface area contributed by atoms with Crippen LogP contribution in [0.5, 0.6) is 0 Å². The summed E-state index contributed by atoms with van der Waals surface area (Å²) in [5, 5.41) is 20.8. The van der Waals surface area contributed by atoms with Gasteiger partial charge in [-0.25, -0.2) is 4.79 Å². The second-order valence-electron chi connectivity index (χ2n) is 5.57. The van der Waals surface area contributed by atoms with E-state index in [-0.39, 0.29) is 11.1 Å². The van der Waals surface area contributed by atoms with Crippen LogP contribution in [0.1, 0.15) is 16.1 Å². The number of carboxylic acids is 1. The Labute approximate surface area is 155 Å². The van der Waals surface area contributed by atoms with E-state index in [1.54, 1.807) is 48.5 Å². The molecule has 0 aliphatic rings. The fourth-order valence-corrected chi connectivity index (χ4v) is 2.37. The summed E-state index contributed by atoms with van der Waals surface area (Å²) in [7, 11) is 0. The lowest BCUT2D eigenvalue weighted by atomic mass is 10.1. The first kappa shape index (κ1) is 17.7. The topological polar surface area (TPSA) is 103 Å². The van der Waals surface area contributed by atoms with Crippen LogP contribution in [-0.4, -0.2) is 17.0 Å². The molecule has 6 nitrogen and oxygen atoms in total. The zero-order valence-corrected chi connectivity index (χ0v) is 14.0. The van der Waals surface area contributed by atoms with Gasteiger partial charge in [-0.1, -0.05) is 30.3 Å². The molecule has 0 bridgehead atoms. The number of nitriles is 1. The molecule has 2 aromatic carbocycles. The predicted molar refractivity (Wildman–Crippen MR) is 99.8 cm³/mol. The highest BCUT2D eigenvalue weighted by molar-refractivity contribution is 6.09. The van der Waals surface area contributed by atoms with Crippen LogP contribution in [-0.2, 0) is 4.79 Å². The number of nitrogens with zero attached hydrogens (tertiary/aromatic N) is 1. The summed E-state index contributed by atoms with van der Waals surface area (Å²) in [6, 6.07) is 20.2. The van der Waals surface area contributed by atoms with Crippen LogP contribution < -0.4 is 5.32 Å². The number of carboxylic acid groups (broad SMARTS) is 1. The normalized spacial score (nSPS) is 10.9. The molecule has 1 amide bonds. The van der Waals surface area contributed by atoms with Crippen LogP contribution in [0.25, 0.3) is 17.4 Å². The van der Waals surface area contributed by atoms with Gasteiger partial charge in [-0.05, 0) is 36.4 Å². The lowest BCUT2D eigenvalue weighted by molar-refractivity contribution is -0.112. The first-order valence-corrected chi connectivity index (χ1v) is 7.98. The maximum atomic E-state index is 12.2. The third-order valence-corrected chi connectivity index (χ3v) is 3.73. The van der Waals surface area contributed by atoms with Crippen molar-refractivity contribution in [3.05, 3.63) is 83.6 Å². The van der Waals surface area contributed by atoms with Gasteiger partial charge in [-0.3, -0.25) is 4.79 Å². The molecule has 0 spiro atoms. The molecule has 0 atom stereocenters. The van der Waals surface area contributed by atoms with Gasteiger partial charge in [0.2, 0.25) is 0 Å². The molecule has 0 radical (unpaired) electrons. The highest BCUT2D eigenvalue weighted by atomic mass is 16.4. The zero-order chi connectivity index (χ0) is 19.2. The second-order valence-corrected chi connectivity index (χ2v) is 5.57. The molecule has 132 valence electrons. The van der Waals surface area contributed by atoms with E-state index >= 15 is 0 Å². The molecule has 3 aromatic rings. The van der Waals surface area contributed by atoms with E-state index in [2.05, 4.69) is 5.32 Å². The first-order chi connectivity index (χ1) is 13.1. The molecule has 0 unspecified atom stereocenters. The number of benzene rings is 2. The number of anilines is 1. The Kier molecular flexibility index (Phi) is 5.15. The summed E-state index contributed by atoms with van der Waals surface area (Å²) in [5.41, 5.74) is 1.35. The van der Waals surface area contributed by atoms with Crippen molar-refractivity contribution < 1.29 is 19.1 Å². The number of carbonyl (C=O) groups excluding carboxylic acids is 1. The van der Waals surface area contributed by atoms with Crippen LogP contribution in [0.15, 0.2) is 76.7 Å². The van der Waals surface area contributed by atoms with E-state index in [9.17, 15) is 14.9 Å². The van der Waals surface area contributed by atoms with E-state index in [4.69, 9.17) is 9.52 Å². The molecule has 1 heterocycles. The lowest BCUT2D eigenvalue weighted by Gasteiger charge is -2.03. The number of hydrogen-bond acceptors (Lipinski definition) is 4. The highest BCUT2D eigenvalue weighted by Crippen LogP contribution is 2.24. The van der Waals surface area contributed by atoms with Crippen molar-refractivity contribution in [3.8, 4) is 17.4 Å². The zero-order valence-electron chi connectivity index (χ0n) is 14.0. The van der Waals surface area contributed by atoms with Crippen LogP contribution in [0, 0.1) is 11.3 Å². The molecular weight excluding hydrogens is 344 g/mol. The van der Waals surface area contributed by atoms with Gasteiger partial charge in [0, 0.05) is 17.3 Å². The minimum Gasteiger partial charge on any atom is -0.478 e. The number of furan rings is 1. The monoisotopic (exact) mass is 358 g/mol. The molecule has 27 heavy (non-hydrogen) atoms.